The minimum absolute atomic E-state index is 0. The third-order valence-corrected chi connectivity index (χ3v) is 3.01. The van der Waals surface area contributed by atoms with Crippen molar-refractivity contribution in [2.24, 2.45) is 0 Å². The Balaban J connectivity index is 0. The van der Waals surface area contributed by atoms with Crippen LogP contribution in [0.25, 0.3) is 0 Å². The number of hydrogen-bond acceptors (Lipinski definition) is 3. The first kappa shape index (κ1) is 17.2. The summed E-state index contributed by atoms with van der Waals surface area (Å²) in [6.07, 6.45) is 1.08. The highest BCUT2D eigenvalue weighted by atomic mass is 16.3. The van der Waals surface area contributed by atoms with Crippen LogP contribution < -0.4 is 0 Å². The Morgan fingerprint density at radius 3 is 1.47 bits per heavy atom. The van der Waals surface area contributed by atoms with Crippen molar-refractivity contribution >= 4 is 0 Å². The summed E-state index contributed by atoms with van der Waals surface area (Å²) >= 11 is 0. The van der Waals surface area contributed by atoms with E-state index in [0.717, 1.165) is 37.0 Å². The van der Waals surface area contributed by atoms with Crippen LogP contribution in [0.15, 0.2) is 0 Å². The maximum absolute atomic E-state index is 9.61. The van der Waals surface area contributed by atoms with Crippen LogP contribution in [0, 0.1) is 0 Å². The van der Waals surface area contributed by atoms with E-state index in [1.807, 2.05) is 13.8 Å². The molecule has 0 radical (unpaired) electrons. The van der Waals surface area contributed by atoms with Gasteiger partial charge in [0.15, 0.2) is 0 Å². The van der Waals surface area contributed by atoms with Crippen LogP contribution in [0.3, 0.4) is 0 Å². The Morgan fingerprint density at radius 2 is 1.27 bits per heavy atom. The van der Waals surface area contributed by atoms with Gasteiger partial charge >= 0.3 is 0 Å². The van der Waals surface area contributed by atoms with E-state index in [1.54, 1.807) is 0 Å². The van der Waals surface area contributed by atoms with E-state index in [0.29, 0.717) is 0 Å². The molecule has 0 aliphatic heterocycles. The number of nitrogens with zero attached hydrogens (tertiary/aromatic N) is 1. The van der Waals surface area contributed by atoms with Crippen LogP contribution in [0.5, 0.6) is 0 Å². The van der Waals surface area contributed by atoms with Gasteiger partial charge in [0, 0.05) is 0 Å². The number of quaternary nitrogens is 1. The van der Waals surface area contributed by atoms with E-state index in [9.17, 15) is 10.2 Å². The molecule has 0 aromatic heterocycles. The molecule has 0 amide bonds. The number of aliphatic hydroxyl groups is 2. The molecular formula is C11H27NO3. The predicted molar refractivity (Wildman–Crippen MR) is 61.0 cm³/mol. The normalized spacial score (nSPS) is 18.8. The molecule has 0 rings (SSSR count). The predicted octanol–water partition coefficient (Wildman–Crippen LogP) is 0.818. The number of hydrogen-bond donors (Lipinski definition) is 2. The van der Waals surface area contributed by atoms with E-state index in [2.05, 4.69) is 14.0 Å². The van der Waals surface area contributed by atoms with Gasteiger partial charge < -0.3 is 20.2 Å². The Kier molecular flexibility index (Phi) is 9.25. The van der Waals surface area contributed by atoms with Gasteiger partial charge in [-0.05, 0) is 19.8 Å². The van der Waals surface area contributed by atoms with Crippen molar-refractivity contribution in [2.75, 3.05) is 26.7 Å². The molecule has 2 unspecified atom stereocenters. The largest absolute Gasteiger partial charge is 0.870 e. The molecule has 2 atom stereocenters. The average molecular weight is 221 g/mol. The summed E-state index contributed by atoms with van der Waals surface area (Å²) in [6.45, 7) is 8.51. The molecule has 0 aromatic rings. The zero-order valence-electron chi connectivity index (χ0n) is 10.5. The molecule has 0 heterocycles. The highest BCUT2D eigenvalue weighted by Gasteiger charge is 2.25. The maximum Gasteiger partial charge on any atom is 0.105 e. The van der Waals surface area contributed by atoms with E-state index < -0.39 is 0 Å². The van der Waals surface area contributed by atoms with Crippen molar-refractivity contribution < 1.29 is 20.2 Å². The van der Waals surface area contributed by atoms with Crippen molar-refractivity contribution in [2.45, 2.75) is 45.8 Å². The topological polar surface area (TPSA) is 70.5 Å². The summed E-state index contributed by atoms with van der Waals surface area (Å²) in [6, 6.07) is 0. The molecule has 0 fully saturated rings. The van der Waals surface area contributed by atoms with Crippen molar-refractivity contribution in [1.82, 2.24) is 0 Å². The second-order valence-electron chi connectivity index (χ2n) is 4.43. The highest BCUT2D eigenvalue weighted by Crippen LogP contribution is 2.09. The summed E-state index contributed by atoms with van der Waals surface area (Å²) in [5.74, 6) is 0. The first-order chi connectivity index (χ1) is 6.47. The van der Waals surface area contributed by atoms with Crippen LogP contribution in [-0.4, -0.2) is 59.1 Å². The molecule has 4 heteroatoms. The first-order valence-corrected chi connectivity index (χ1v) is 5.67. The molecule has 4 nitrogen and oxygen atoms in total. The van der Waals surface area contributed by atoms with Gasteiger partial charge in [-0.2, -0.15) is 0 Å². The number of aliphatic hydroxyl groups excluding tert-OH is 2. The van der Waals surface area contributed by atoms with Gasteiger partial charge in [-0.15, -0.1) is 0 Å². The SMILES string of the molecule is CCC(O)C[N+](C)(CC)CC(O)CC.[OH-]. The summed E-state index contributed by atoms with van der Waals surface area (Å²) in [5, 5.41) is 19.2. The molecule has 0 aliphatic carbocycles. The zero-order valence-corrected chi connectivity index (χ0v) is 10.5. The molecule has 0 spiro atoms. The van der Waals surface area contributed by atoms with Crippen molar-refractivity contribution in [3.8, 4) is 0 Å². The summed E-state index contributed by atoms with van der Waals surface area (Å²) < 4.78 is 0.754. The second kappa shape index (κ2) is 8.05. The van der Waals surface area contributed by atoms with Crippen molar-refractivity contribution in [3.63, 3.8) is 0 Å². The fourth-order valence-electron chi connectivity index (χ4n) is 1.61. The lowest BCUT2D eigenvalue weighted by molar-refractivity contribution is -0.913. The molecule has 0 aromatic carbocycles. The van der Waals surface area contributed by atoms with Crippen LogP contribution in [-0.2, 0) is 0 Å². The molecule has 3 N–H and O–H groups in total. The first-order valence-electron chi connectivity index (χ1n) is 5.67. The summed E-state index contributed by atoms with van der Waals surface area (Å²) in [4.78, 5) is 0. The Hall–Kier alpha value is -0.160. The number of likely N-dealkylation sites (N-methyl/N-ethyl adjacent to an activating group) is 1. The van der Waals surface area contributed by atoms with Crippen LogP contribution >= 0.6 is 0 Å². The Bertz CT molecular complexity index is 141. The molecule has 0 bridgehead atoms. The monoisotopic (exact) mass is 221 g/mol. The van der Waals surface area contributed by atoms with Gasteiger partial charge in [-0.1, -0.05) is 13.8 Å². The van der Waals surface area contributed by atoms with Crippen molar-refractivity contribution in [1.29, 1.82) is 0 Å². The van der Waals surface area contributed by atoms with Gasteiger partial charge in [0.25, 0.3) is 0 Å². The van der Waals surface area contributed by atoms with E-state index in [-0.39, 0.29) is 17.7 Å². The summed E-state index contributed by atoms with van der Waals surface area (Å²) in [7, 11) is 2.10. The molecule has 15 heavy (non-hydrogen) atoms. The standard InChI is InChI=1S/C11H26NO2.H2O/c1-5-10(13)8-12(4,7-3)9-11(14)6-2;/h10-11,13-14H,5-9H2,1-4H3;1H2/q+1;/p-1. The molecule has 0 saturated carbocycles. The highest BCUT2D eigenvalue weighted by molar-refractivity contribution is 4.55. The third kappa shape index (κ3) is 6.84. The fraction of sp³-hybridized carbons (Fsp3) is 1.00. The number of rotatable bonds is 7. The Morgan fingerprint density at radius 1 is 0.933 bits per heavy atom. The quantitative estimate of drug-likeness (QED) is 0.625. The zero-order chi connectivity index (χ0) is 11.2. The van der Waals surface area contributed by atoms with Crippen LogP contribution in [0.2, 0.25) is 0 Å². The van der Waals surface area contributed by atoms with Crippen molar-refractivity contribution in [3.05, 3.63) is 0 Å². The lowest BCUT2D eigenvalue weighted by atomic mass is 10.2. The second-order valence-corrected chi connectivity index (χ2v) is 4.43. The molecule has 0 aliphatic rings. The van der Waals surface area contributed by atoms with Crippen LogP contribution in [0.1, 0.15) is 33.6 Å². The van der Waals surface area contributed by atoms with Gasteiger partial charge in [-0.3, -0.25) is 0 Å². The van der Waals surface area contributed by atoms with E-state index >= 15 is 0 Å². The third-order valence-electron chi connectivity index (χ3n) is 3.01. The minimum Gasteiger partial charge on any atom is -0.870 e. The lowest BCUT2D eigenvalue weighted by Gasteiger charge is -2.36. The van der Waals surface area contributed by atoms with E-state index in [4.69, 9.17) is 0 Å². The van der Waals surface area contributed by atoms with Gasteiger partial charge in [0.2, 0.25) is 0 Å². The molecular weight excluding hydrogens is 194 g/mol. The van der Waals surface area contributed by atoms with Gasteiger partial charge in [0.1, 0.15) is 25.3 Å². The molecule has 0 saturated heterocycles. The Labute approximate surface area is 93.4 Å². The minimum atomic E-state index is -0.246. The van der Waals surface area contributed by atoms with Gasteiger partial charge in [-0.25, -0.2) is 0 Å². The fourth-order valence-corrected chi connectivity index (χ4v) is 1.61. The molecule has 94 valence electrons. The summed E-state index contributed by atoms with van der Waals surface area (Å²) in [5.41, 5.74) is 0. The lowest BCUT2D eigenvalue weighted by Crippen LogP contribution is -2.52. The smallest absolute Gasteiger partial charge is 0.105 e. The maximum atomic E-state index is 9.61. The van der Waals surface area contributed by atoms with Gasteiger partial charge in [0.05, 0.1) is 13.6 Å². The van der Waals surface area contributed by atoms with Crippen LogP contribution in [0.4, 0.5) is 0 Å². The van der Waals surface area contributed by atoms with E-state index in [1.165, 1.54) is 0 Å². The average Bonchev–Trinajstić information content (AvgIpc) is 2.17.